The molecular formula is C14H19N3O. The smallest absolute Gasteiger partial charge is 0.251 e. The molecule has 0 radical (unpaired) electrons. The molecular weight excluding hydrogens is 226 g/mol. The van der Waals surface area contributed by atoms with Crippen molar-refractivity contribution in [3.63, 3.8) is 0 Å². The summed E-state index contributed by atoms with van der Waals surface area (Å²) in [6.07, 6.45) is 3.72. The van der Waals surface area contributed by atoms with Crippen LogP contribution in [0.25, 0.3) is 0 Å². The Morgan fingerprint density at radius 3 is 2.89 bits per heavy atom. The normalized spacial score (nSPS) is 24.1. The molecule has 3 rings (SSSR count). The van der Waals surface area contributed by atoms with E-state index in [4.69, 9.17) is 5.73 Å². The summed E-state index contributed by atoms with van der Waals surface area (Å²) in [5.74, 6) is -0.00931. The Kier molecular flexibility index (Phi) is 2.96. The monoisotopic (exact) mass is 245 g/mol. The SMILES string of the molecule is Nc1cccc(C(=O)NC2CCN(C3CC3)C2)c1. The predicted octanol–water partition coefficient (Wildman–Crippen LogP) is 1.24. The molecule has 1 aromatic rings. The minimum absolute atomic E-state index is 0.00931. The van der Waals surface area contributed by atoms with Gasteiger partial charge >= 0.3 is 0 Å². The molecule has 0 spiro atoms. The van der Waals surface area contributed by atoms with Crippen molar-refractivity contribution in [3.05, 3.63) is 29.8 Å². The van der Waals surface area contributed by atoms with Crippen LogP contribution in [0.5, 0.6) is 0 Å². The number of nitrogens with one attached hydrogen (secondary N) is 1. The zero-order chi connectivity index (χ0) is 12.5. The first-order valence-corrected chi connectivity index (χ1v) is 6.63. The summed E-state index contributed by atoms with van der Waals surface area (Å²) in [5, 5.41) is 3.10. The molecule has 18 heavy (non-hydrogen) atoms. The van der Waals surface area contributed by atoms with Gasteiger partial charge < -0.3 is 11.1 Å². The third-order valence-electron chi connectivity index (χ3n) is 3.77. The van der Waals surface area contributed by atoms with E-state index >= 15 is 0 Å². The van der Waals surface area contributed by atoms with Crippen molar-refractivity contribution in [3.8, 4) is 0 Å². The number of rotatable bonds is 3. The number of anilines is 1. The molecule has 1 atom stereocenters. The number of nitrogens with zero attached hydrogens (tertiary/aromatic N) is 1. The molecule has 4 heteroatoms. The van der Waals surface area contributed by atoms with Gasteiger partial charge in [-0.15, -0.1) is 0 Å². The van der Waals surface area contributed by atoms with E-state index in [0.717, 1.165) is 25.6 Å². The molecule has 2 aliphatic rings. The van der Waals surface area contributed by atoms with Crippen LogP contribution < -0.4 is 11.1 Å². The highest BCUT2D eigenvalue weighted by molar-refractivity contribution is 5.95. The van der Waals surface area contributed by atoms with Crippen molar-refractivity contribution in [1.29, 1.82) is 0 Å². The van der Waals surface area contributed by atoms with Gasteiger partial charge in [-0.25, -0.2) is 0 Å². The number of nitrogens with two attached hydrogens (primary N) is 1. The number of benzene rings is 1. The van der Waals surface area contributed by atoms with E-state index in [0.29, 0.717) is 17.3 Å². The van der Waals surface area contributed by atoms with Gasteiger partial charge in [0.05, 0.1) is 0 Å². The fraction of sp³-hybridized carbons (Fsp3) is 0.500. The highest BCUT2D eigenvalue weighted by atomic mass is 16.1. The average molecular weight is 245 g/mol. The number of carbonyl (C=O) groups excluding carboxylic acids is 1. The van der Waals surface area contributed by atoms with Crippen molar-refractivity contribution in [2.75, 3.05) is 18.8 Å². The molecule has 1 aromatic carbocycles. The second kappa shape index (κ2) is 4.61. The Balaban J connectivity index is 1.58. The number of likely N-dealkylation sites (tertiary alicyclic amines) is 1. The molecule has 4 nitrogen and oxygen atoms in total. The van der Waals surface area contributed by atoms with Crippen LogP contribution in [0.15, 0.2) is 24.3 Å². The highest BCUT2D eigenvalue weighted by Crippen LogP contribution is 2.29. The summed E-state index contributed by atoms with van der Waals surface area (Å²) in [6.45, 7) is 2.12. The van der Waals surface area contributed by atoms with Crippen LogP contribution in [0.2, 0.25) is 0 Å². The van der Waals surface area contributed by atoms with Gasteiger partial charge in [0.2, 0.25) is 0 Å². The van der Waals surface area contributed by atoms with Gasteiger partial charge in [-0.2, -0.15) is 0 Å². The minimum atomic E-state index is -0.00931. The Morgan fingerprint density at radius 1 is 1.33 bits per heavy atom. The zero-order valence-electron chi connectivity index (χ0n) is 10.4. The van der Waals surface area contributed by atoms with Crippen LogP contribution in [-0.2, 0) is 0 Å². The summed E-state index contributed by atoms with van der Waals surface area (Å²) in [4.78, 5) is 14.6. The second-order valence-electron chi connectivity index (χ2n) is 5.31. The van der Waals surface area contributed by atoms with Crippen LogP contribution in [0, 0.1) is 0 Å². The summed E-state index contributed by atoms with van der Waals surface area (Å²) < 4.78 is 0. The van der Waals surface area contributed by atoms with Crippen molar-refractivity contribution in [2.45, 2.75) is 31.3 Å². The van der Waals surface area contributed by atoms with E-state index in [1.165, 1.54) is 12.8 Å². The van der Waals surface area contributed by atoms with E-state index < -0.39 is 0 Å². The lowest BCUT2D eigenvalue weighted by atomic mass is 10.1. The third-order valence-corrected chi connectivity index (χ3v) is 3.77. The maximum atomic E-state index is 12.1. The first-order valence-electron chi connectivity index (χ1n) is 6.63. The van der Waals surface area contributed by atoms with Crippen molar-refractivity contribution < 1.29 is 4.79 Å². The Morgan fingerprint density at radius 2 is 2.17 bits per heavy atom. The number of hydrogen-bond acceptors (Lipinski definition) is 3. The fourth-order valence-corrected chi connectivity index (χ4v) is 2.63. The molecule has 1 aliphatic carbocycles. The van der Waals surface area contributed by atoms with Crippen molar-refractivity contribution in [1.82, 2.24) is 10.2 Å². The fourth-order valence-electron chi connectivity index (χ4n) is 2.63. The maximum Gasteiger partial charge on any atom is 0.251 e. The number of hydrogen-bond donors (Lipinski definition) is 2. The molecule has 1 amide bonds. The number of carbonyl (C=O) groups is 1. The van der Waals surface area contributed by atoms with Crippen LogP contribution in [-0.4, -0.2) is 36.0 Å². The molecule has 1 saturated heterocycles. The Hall–Kier alpha value is -1.55. The average Bonchev–Trinajstić information content (AvgIpc) is 3.11. The van der Waals surface area contributed by atoms with Crippen LogP contribution in [0.1, 0.15) is 29.6 Å². The molecule has 2 fully saturated rings. The summed E-state index contributed by atoms with van der Waals surface area (Å²) in [7, 11) is 0. The van der Waals surface area contributed by atoms with Gasteiger partial charge in [-0.3, -0.25) is 9.69 Å². The van der Waals surface area contributed by atoms with E-state index in [1.807, 2.05) is 6.07 Å². The quantitative estimate of drug-likeness (QED) is 0.788. The topological polar surface area (TPSA) is 58.4 Å². The van der Waals surface area contributed by atoms with Gasteiger partial charge in [0, 0.05) is 36.4 Å². The zero-order valence-corrected chi connectivity index (χ0v) is 10.4. The lowest BCUT2D eigenvalue weighted by molar-refractivity contribution is 0.0937. The molecule has 1 unspecified atom stereocenters. The first kappa shape index (κ1) is 11.5. The number of amides is 1. The molecule has 0 bridgehead atoms. The Bertz CT molecular complexity index is 456. The predicted molar refractivity (Wildman–Crippen MR) is 71.3 cm³/mol. The maximum absolute atomic E-state index is 12.1. The molecule has 1 aliphatic heterocycles. The molecule has 1 saturated carbocycles. The summed E-state index contributed by atoms with van der Waals surface area (Å²) >= 11 is 0. The lowest BCUT2D eigenvalue weighted by Crippen LogP contribution is -2.37. The molecule has 1 heterocycles. The summed E-state index contributed by atoms with van der Waals surface area (Å²) in [6, 6.07) is 8.22. The number of nitrogen functional groups attached to an aromatic ring is 1. The van der Waals surface area contributed by atoms with E-state index in [2.05, 4.69) is 10.2 Å². The second-order valence-corrected chi connectivity index (χ2v) is 5.31. The van der Waals surface area contributed by atoms with E-state index in [9.17, 15) is 4.79 Å². The van der Waals surface area contributed by atoms with Gasteiger partial charge in [0.25, 0.3) is 5.91 Å². The molecule has 3 N–H and O–H groups in total. The highest BCUT2D eigenvalue weighted by Gasteiger charge is 2.34. The van der Waals surface area contributed by atoms with Crippen LogP contribution in [0.3, 0.4) is 0 Å². The van der Waals surface area contributed by atoms with Crippen LogP contribution in [0.4, 0.5) is 5.69 Å². The van der Waals surface area contributed by atoms with Gasteiger partial charge in [0.1, 0.15) is 0 Å². The summed E-state index contributed by atoms with van der Waals surface area (Å²) in [5.41, 5.74) is 6.97. The van der Waals surface area contributed by atoms with E-state index in [1.54, 1.807) is 18.2 Å². The van der Waals surface area contributed by atoms with Gasteiger partial charge in [0.15, 0.2) is 0 Å². The lowest BCUT2D eigenvalue weighted by Gasteiger charge is -2.15. The van der Waals surface area contributed by atoms with E-state index in [-0.39, 0.29) is 5.91 Å². The minimum Gasteiger partial charge on any atom is -0.399 e. The van der Waals surface area contributed by atoms with Gasteiger partial charge in [-0.1, -0.05) is 6.07 Å². The first-order chi connectivity index (χ1) is 8.72. The largest absolute Gasteiger partial charge is 0.399 e. The molecule has 0 aromatic heterocycles. The van der Waals surface area contributed by atoms with Gasteiger partial charge in [-0.05, 0) is 37.5 Å². The van der Waals surface area contributed by atoms with Crippen LogP contribution >= 0.6 is 0 Å². The molecule has 96 valence electrons. The van der Waals surface area contributed by atoms with Crippen molar-refractivity contribution in [2.24, 2.45) is 0 Å². The standard InChI is InChI=1S/C14H19N3O/c15-11-3-1-2-10(8-11)14(18)16-12-6-7-17(9-12)13-4-5-13/h1-3,8,12-13H,4-7,9,15H2,(H,16,18). The Labute approximate surface area is 107 Å². The van der Waals surface area contributed by atoms with Crippen molar-refractivity contribution >= 4 is 11.6 Å². The third kappa shape index (κ3) is 2.48.